The molecule has 0 aliphatic rings. The zero-order valence-corrected chi connectivity index (χ0v) is 30.3. The van der Waals surface area contributed by atoms with E-state index in [0.29, 0.717) is 45.7 Å². The molecule has 0 amide bonds. The summed E-state index contributed by atoms with van der Waals surface area (Å²) in [4.78, 5) is 25.3. The first kappa shape index (κ1) is 32.5. The Hall–Kier alpha value is -7.97. The maximum absolute atomic E-state index is 6.73. The van der Waals surface area contributed by atoms with Crippen LogP contribution in [0.5, 0.6) is 0 Å². The van der Waals surface area contributed by atoms with Gasteiger partial charge in [-0.3, -0.25) is 0 Å². The summed E-state index contributed by atoms with van der Waals surface area (Å²) in [5.41, 5.74) is 8.94. The van der Waals surface area contributed by atoms with Gasteiger partial charge in [0.1, 0.15) is 39.1 Å². The molecule has 0 aliphatic heterocycles. The Morgan fingerprint density at radius 3 is 1.93 bits per heavy atom. The normalized spacial score (nSPS) is 12.1. The van der Waals surface area contributed by atoms with E-state index in [-0.39, 0.29) is 0 Å². The molecule has 5 aromatic heterocycles. The molecule has 11 aromatic rings. The van der Waals surface area contributed by atoms with Crippen molar-refractivity contribution >= 4 is 72.0 Å². The van der Waals surface area contributed by atoms with Gasteiger partial charge in [-0.05, 0) is 48.5 Å². The Morgan fingerprint density at radius 2 is 1.07 bits per heavy atom. The van der Waals surface area contributed by atoms with E-state index >= 15 is 0 Å². The van der Waals surface area contributed by atoms with E-state index in [2.05, 4.69) is 24.8 Å². The summed E-state index contributed by atoms with van der Waals surface area (Å²) in [6, 6.07) is 44.0. The first-order valence-corrected chi connectivity index (χ1v) is 18.5. The number of allylic oxidation sites excluding steroid dienone is 4. The number of nitrogens with zero attached hydrogens (tertiary/aromatic N) is 5. The average molecular weight is 736 g/mol. The van der Waals surface area contributed by atoms with Crippen LogP contribution in [0.15, 0.2) is 178 Å². The Labute approximate surface area is 324 Å². The molecule has 0 bridgehead atoms. The van der Waals surface area contributed by atoms with Gasteiger partial charge in [-0.25, -0.2) is 24.9 Å². The van der Waals surface area contributed by atoms with E-state index in [4.69, 9.17) is 38.2 Å². The van der Waals surface area contributed by atoms with Gasteiger partial charge in [-0.2, -0.15) is 0 Å². The molecule has 57 heavy (non-hydrogen) atoms. The predicted octanol–water partition coefficient (Wildman–Crippen LogP) is 12.8. The van der Waals surface area contributed by atoms with Crippen molar-refractivity contribution in [2.45, 2.75) is 0 Å². The third-order valence-corrected chi connectivity index (χ3v) is 10.2. The minimum absolute atomic E-state index is 0.484. The standard InChI is InChI=1S/C49H29N5O3/c1-2-3-4-8-22-37-45-43(33-18-10-12-24-39(33)56-45)51-48(50-37)35-20-14-25-40-42(35)34-19-13-21-36(44(34)57-40)49-53-46(29-15-6-5-7-16-29)52-47(54-49)30-26-27-32-31-17-9-11-23-38(31)55-41(32)28-30/h2-28H,1H2/b4-3-,22-8+. The second kappa shape index (κ2) is 13.1. The molecular formula is C49H29N5O3. The summed E-state index contributed by atoms with van der Waals surface area (Å²) in [5, 5.41) is 4.78. The van der Waals surface area contributed by atoms with E-state index in [1.165, 1.54) is 0 Å². The van der Waals surface area contributed by atoms with Crippen LogP contribution in [0, 0.1) is 0 Å². The van der Waals surface area contributed by atoms with Crippen LogP contribution in [0.3, 0.4) is 0 Å². The number of furan rings is 3. The van der Waals surface area contributed by atoms with Crippen LogP contribution in [-0.4, -0.2) is 24.9 Å². The van der Waals surface area contributed by atoms with E-state index in [1.54, 1.807) is 6.08 Å². The zero-order chi connectivity index (χ0) is 37.9. The predicted molar refractivity (Wildman–Crippen MR) is 227 cm³/mol. The van der Waals surface area contributed by atoms with Crippen LogP contribution in [0.25, 0.3) is 118 Å². The Balaban J connectivity index is 1.11. The molecule has 0 saturated carbocycles. The van der Waals surface area contributed by atoms with Crippen LogP contribution in [0.1, 0.15) is 5.69 Å². The SMILES string of the molecule is C=C/C=C\C=C\c1nc(-c2cccc3oc4c(-c5nc(-c6ccccc6)nc(-c6ccc7c(c6)oc6ccccc67)n5)cccc4c23)nc2c1oc1ccccc12. The lowest BCUT2D eigenvalue weighted by atomic mass is 10.0. The minimum Gasteiger partial charge on any atom is -0.456 e. The Kier molecular flexibility index (Phi) is 7.46. The largest absolute Gasteiger partial charge is 0.456 e. The maximum atomic E-state index is 6.73. The summed E-state index contributed by atoms with van der Waals surface area (Å²) in [6.45, 7) is 3.78. The van der Waals surface area contributed by atoms with E-state index in [1.807, 2.05) is 140 Å². The molecule has 0 fully saturated rings. The molecule has 6 aromatic carbocycles. The molecule has 0 unspecified atom stereocenters. The number of para-hydroxylation sites is 3. The summed E-state index contributed by atoms with van der Waals surface area (Å²) in [5.74, 6) is 2.10. The van der Waals surface area contributed by atoms with Gasteiger partial charge in [-0.1, -0.05) is 122 Å². The highest BCUT2D eigenvalue weighted by molar-refractivity contribution is 6.15. The summed E-state index contributed by atoms with van der Waals surface area (Å²) >= 11 is 0. The average Bonchev–Trinajstić information content (AvgIpc) is 3.96. The monoisotopic (exact) mass is 735 g/mol. The molecular weight excluding hydrogens is 707 g/mol. The quantitative estimate of drug-likeness (QED) is 0.149. The first-order valence-electron chi connectivity index (χ1n) is 18.5. The Morgan fingerprint density at radius 1 is 0.421 bits per heavy atom. The van der Waals surface area contributed by atoms with E-state index in [0.717, 1.165) is 71.5 Å². The highest BCUT2D eigenvalue weighted by Crippen LogP contribution is 2.41. The smallest absolute Gasteiger partial charge is 0.179 e. The summed E-state index contributed by atoms with van der Waals surface area (Å²) in [7, 11) is 0. The number of rotatable bonds is 7. The van der Waals surface area contributed by atoms with Gasteiger partial charge >= 0.3 is 0 Å². The third-order valence-electron chi connectivity index (χ3n) is 10.2. The van der Waals surface area contributed by atoms with Crippen molar-refractivity contribution < 1.29 is 13.3 Å². The zero-order valence-electron chi connectivity index (χ0n) is 30.3. The number of benzene rings is 6. The van der Waals surface area contributed by atoms with Gasteiger partial charge in [0.25, 0.3) is 0 Å². The minimum atomic E-state index is 0.484. The summed E-state index contributed by atoms with van der Waals surface area (Å²) in [6.07, 6.45) is 9.34. The summed E-state index contributed by atoms with van der Waals surface area (Å²) < 4.78 is 19.3. The van der Waals surface area contributed by atoms with Crippen molar-refractivity contribution in [3.63, 3.8) is 0 Å². The molecule has 8 heteroatoms. The first-order chi connectivity index (χ1) is 28.2. The Bertz CT molecular complexity index is 3450. The molecule has 0 N–H and O–H groups in total. The lowest BCUT2D eigenvalue weighted by Gasteiger charge is -2.09. The fraction of sp³-hybridized carbons (Fsp3) is 0. The van der Waals surface area contributed by atoms with Crippen molar-refractivity contribution in [3.8, 4) is 45.6 Å². The van der Waals surface area contributed by atoms with Gasteiger partial charge in [0, 0.05) is 43.6 Å². The second-order valence-corrected chi connectivity index (χ2v) is 13.6. The van der Waals surface area contributed by atoms with E-state index in [9.17, 15) is 0 Å². The second-order valence-electron chi connectivity index (χ2n) is 13.6. The topological polar surface area (TPSA) is 104 Å². The molecule has 11 rings (SSSR count). The number of fused-ring (bicyclic) bond motifs is 9. The van der Waals surface area contributed by atoms with Crippen molar-refractivity contribution in [2.75, 3.05) is 0 Å². The number of aromatic nitrogens is 5. The van der Waals surface area contributed by atoms with Gasteiger partial charge in [-0.15, -0.1) is 0 Å². The van der Waals surface area contributed by atoms with E-state index < -0.39 is 0 Å². The third kappa shape index (κ3) is 5.42. The van der Waals surface area contributed by atoms with Crippen LogP contribution < -0.4 is 0 Å². The van der Waals surface area contributed by atoms with Gasteiger partial charge < -0.3 is 13.3 Å². The van der Waals surface area contributed by atoms with Crippen molar-refractivity contribution in [1.29, 1.82) is 0 Å². The molecule has 268 valence electrons. The van der Waals surface area contributed by atoms with Gasteiger partial charge in [0.2, 0.25) is 0 Å². The van der Waals surface area contributed by atoms with Crippen LogP contribution >= 0.6 is 0 Å². The fourth-order valence-corrected chi connectivity index (χ4v) is 7.55. The van der Waals surface area contributed by atoms with Crippen molar-refractivity contribution in [3.05, 3.63) is 170 Å². The lowest BCUT2D eigenvalue weighted by molar-refractivity contribution is 0.664. The van der Waals surface area contributed by atoms with Gasteiger partial charge in [0.05, 0.1) is 5.56 Å². The molecule has 0 radical (unpaired) electrons. The number of hydrogen-bond donors (Lipinski definition) is 0. The molecule has 8 nitrogen and oxygen atoms in total. The molecule has 0 saturated heterocycles. The molecule has 0 atom stereocenters. The fourth-order valence-electron chi connectivity index (χ4n) is 7.55. The molecule has 5 heterocycles. The maximum Gasteiger partial charge on any atom is 0.179 e. The van der Waals surface area contributed by atoms with Crippen LogP contribution in [0.4, 0.5) is 0 Å². The molecule has 0 aliphatic carbocycles. The van der Waals surface area contributed by atoms with Crippen molar-refractivity contribution in [1.82, 2.24) is 24.9 Å². The van der Waals surface area contributed by atoms with Crippen LogP contribution in [0.2, 0.25) is 0 Å². The highest BCUT2D eigenvalue weighted by Gasteiger charge is 2.22. The van der Waals surface area contributed by atoms with Gasteiger partial charge in [0.15, 0.2) is 28.9 Å². The number of hydrogen-bond acceptors (Lipinski definition) is 8. The highest BCUT2D eigenvalue weighted by atomic mass is 16.3. The van der Waals surface area contributed by atoms with Crippen LogP contribution in [-0.2, 0) is 0 Å². The van der Waals surface area contributed by atoms with Crippen molar-refractivity contribution in [2.24, 2.45) is 0 Å². The lowest BCUT2D eigenvalue weighted by Crippen LogP contribution is -2.00. The molecule has 0 spiro atoms.